The third-order valence-corrected chi connectivity index (χ3v) is 8.91. The lowest BCUT2D eigenvalue weighted by Crippen LogP contribution is -2.55. The topological polar surface area (TPSA) is 49.3 Å². The Morgan fingerprint density at radius 3 is 2.48 bits per heavy atom. The van der Waals surface area contributed by atoms with Gasteiger partial charge >= 0.3 is 0 Å². The molecule has 0 spiro atoms. The van der Waals surface area contributed by atoms with Crippen molar-refractivity contribution in [3.8, 4) is 0 Å². The lowest BCUT2D eigenvalue weighted by atomic mass is 9.45. The highest BCUT2D eigenvalue weighted by Gasteiger charge is 2.60. The van der Waals surface area contributed by atoms with Gasteiger partial charge in [-0.15, -0.1) is 0 Å². The van der Waals surface area contributed by atoms with Gasteiger partial charge in [-0.25, -0.2) is 0 Å². The minimum atomic E-state index is -0.0499. The van der Waals surface area contributed by atoms with Crippen molar-refractivity contribution in [3.05, 3.63) is 0 Å². The Morgan fingerprint density at radius 2 is 1.70 bits per heavy atom. The molecule has 4 aliphatic carbocycles. The SMILES string of the molecule is C[C@]12CC[C@@H](O)C[C@@H]1CC[C@H]1[C@H]3CC[C@H](NC=O)[C@@]3(C)CC[C@@H]12. The molecule has 0 radical (unpaired) electrons. The van der Waals surface area contributed by atoms with Crippen molar-refractivity contribution in [2.75, 3.05) is 0 Å². The van der Waals surface area contributed by atoms with E-state index in [0.29, 0.717) is 16.9 Å². The van der Waals surface area contributed by atoms with Crippen molar-refractivity contribution < 1.29 is 9.90 Å². The maximum Gasteiger partial charge on any atom is 0.207 e. The van der Waals surface area contributed by atoms with Crippen LogP contribution in [0.15, 0.2) is 0 Å². The van der Waals surface area contributed by atoms with Gasteiger partial charge in [-0.3, -0.25) is 4.79 Å². The first-order chi connectivity index (χ1) is 11.0. The second-order valence-electron chi connectivity index (χ2n) is 9.54. The van der Waals surface area contributed by atoms with Crippen molar-refractivity contribution in [2.24, 2.45) is 34.5 Å². The predicted molar refractivity (Wildman–Crippen MR) is 90.7 cm³/mol. The fraction of sp³-hybridized carbons (Fsp3) is 0.950. The summed E-state index contributed by atoms with van der Waals surface area (Å²) in [5, 5.41) is 13.2. The number of fused-ring (bicyclic) bond motifs is 5. The number of rotatable bonds is 2. The molecule has 1 amide bonds. The fourth-order valence-corrected chi connectivity index (χ4v) is 7.59. The third kappa shape index (κ3) is 2.22. The molecular weight excluding hydrogens is 286 g/mol. The molecule has 0 aromatic carbocycles. The van der Waals surface area contributed by atoms with Crippen LogP contribution in [-0.4, -0.2) is 23.7 Å². The third-order valence-electron chi connectivity index (χ3n) is 8.91. The number of aliphatic hydroxyl groups is 1. The molecule has 4 fully saturated rings. The highest BCUT2D eigenvalue weighted by Crippen LogP contribution is 2.66. The highest BCUT2D eigenvalue weighted by atomic mass is 16.3. The summed E-state index contributed by atoms with van der Waals surface area (Å²) in [6, 6.07) is 0.393. The van der Waals surface area contributed by atoms with Crippen molar-refractivity contribution >= 4 is 6.41 Å². The average Bonchev–Trinajstić information content (AvgIpc) is 2.85. The molecule has 3 heteroatoms. The molecule has 0 aromatic rings. The molecule has 23 heavy (non-hydrogen) atoms. The molecule has 4 rings (SSSR count). The maximum absolute atomic E-state index is 11.0. The minimum absolute atomic E-state index is 0.0499. The lowest BCUT2D eigenvalue weighted by molar-refractivity contribution is -0.126. The van der Waals surface area contributed by atoms with Crippen LogP contribution in [0.3, 0.4) is 0 Å². The Bertz CT molecular complexity index is 480. The van der Waals surface area contributed by atoms with Crippen LogP contribution < -0.4 is 5.32 Å². The Morgan fingerprint density at radius 1 is 0.957 bits per heavy atom. The second-order valence-corrected chi connectivity index (χ2v) is 9.54. The van der Waals surface area contributed by atoms with E-state index >= 15 is 0 Å². The molecule has 0 bridgehead atoms. The van der Waals surface area contributed by atoms with Crippen LogP contribution in [0.25, 0.3) is 0 Å². The quantitative estimate of drug-likeness (QED) is 0.765. The average molecular weight is 319 g/mol. The summed E-state index contributed by atoms with van der Waals surface area (Å²) in [4.78, 5) is 11.0. The summed E-state index contributed by atoms with van der Waals surface area (Å²) in [6.07, 6.45) is 11.9. The largest absolute Gasteiger partial charge is 0.393 e. The monoisotopic (exact) mass is 319 g/mol. The summed E-state index contributed by atoms with van der Waals surface area (Å²) in [5.41, 5.74) is 0.777. The van der Waals surface area contributed by atoms with Crippen molar-refractivity contribution in [2.45, 2.75) is 83.8 Å². The smallest absolute Gasteiger partial charge is 0.207 e. The van der Waals surface area contributed by atoms with E-state index in [4.69, 9.17) is 0 Å². The van der Waals surface area contributed by atoms with Crippen LogP contribution in [0.2, 0.25) is 0 Å². The summed E-state index contributed by atoms with van der Waals surface area (Å²) < 4.78 is 0. The molecule has 3 nitrogen and oxygen atoms in total. The summed E-state index contributed by atoms with van der Waals surface area (Å²) in [5.74, 6) is 3.23. The van der Waals surface area contributed by atoms with E-state index in [1.54, 1.807) is 0 Å². The van der Waals surface area contributed by atoms with Gasteiger partial charge in [-0.05, 0) is 92.3 Å². The summed E-state index contributed by atoms with van der Waals surface area (Å²) in [6.45, 7) is 4.99. The number of carbonyl (C=O) groups is 1. The molecule has 8 atom stereocenters. The number of aliphatic hydroxyl groups excluding tert-OH is 1. The molecule has 130 valence electrons. The van der Waals surface area contributed by atoms with E-state index in [1.807, 2.05) is 0 Å². The molecule has 0 saturated heterocycles. The zero-order chi connectivity index (χ0) is 16.2. The van der Waals surface area contributed by atoms with Gasteiger partial charge < -0.3 is 10.4 Å². The van der Waals surface area contributed by atoms with Crippen molar-refractivity contribution in [1.82, 2.24) is 5.32 Å². The van der Waals surface area contributed by atoms with Crippen LogP contribution in [0.1, 0.15) is 71.6 Å². The highest BCUT2D eigenvalue weighted by molar-refractivity contribution is 5.47. The van der Waals surface area contributed by atoms with Crippen LogP contribution in [0.4, 0.5) is 0 Å². The van der Waals surface area contributed by atoms with E-state index in [2.05, 4.69) is 19.2 Å². The zero-order valence-corrected chi connectivity index (χ0v) is 14.8. The molecule has 0 unspecified atom stereocenters. The van der Waals surface area contributed by atoms with Gasteiger partial charge in [0.15, 0.2) is 0 Å². The number of carbonyl (C=O) groups excluding carboxylic acids is 1. The van der Waals surface area contributed by atoms with Crippen LogP contribution in [0, 0.1) is 34.5 Å². The van der Waals surface area contributed by atoms with E-state index in [1.165, 1.54) is 44.9 Å². The number of hydrogen-bond acceptors (Lipinski definition) is 2. The lowest BCUT2D eigenvalue weighted by Gasteiger charge is -2.60. The van der Waals surface area contributed by atoms with Gasteiger partial charge in [-0.2, -0.15) is 0 Å². The number of amides is 1. The molecule has 4 aliphatic rings. The molecular formula is C20H33NO2. The normalized spacial score (nSPS) is 55.4. The first kappa shape index (κ1) is 15.9. The second kappa shape index (κ2) is 5.47. The summed E-state index contributed by atoms with van der Waals surface area (Å²) >= 11 is 0. The first-order valence-corrected chi connectivity index (χ1v) is 9.87. The Kier molecular flexibility index (Phi) is 3.79. The van der Waals surface area contributed by atoms with Crippen molar-refractivity contribution in [3.63, 3.8) is 0 Å². The van der Waals surface area contributed by atoms with E-state index in [0.717, 1.165) is 42.9 Å². The number of hydrogen-bond donors (Lipinski definition) is 2. The minimum Gasteiger partial charge on any atom is -0.393 e. The maximum atomic E-state index is 11.0. The van der Waals surface area contributed by atoms with Gasteiger partial charge in [0.05, 0.1) is 6.10 Å². The molecule has 2 N–H and O–H groups in total. The van der Waals surface area contributed by atoms with Gasteiger partial charge in [0.1, 0.15) is 0 Å². The van der Waals surface area contributed by atoms with Crippen molar-refractivity contribution in [1.29, 1.82) is 0 Å². The molecule has 0 heterocycles. The molecule has 4 saturated carbocycles. The Hall–Kier alpha value is -0.570. The van der Waals surface area contributed by atoms with Gasteiger partial charge in [0, 0.05) is 6.04 Å². The number of nitrogens with one attached hydrogen (secondary N) is 1. The zero-order valence-electron chi connectivity index (χ0n) is 14.8. The first-order valence-electron chi connectivity index (χ1n) is 9.87. The van der Waals surface area contributed by atoms with E-state index in [9.17, 15) is 9.90 Å². The van der Waals surface area contributed by atoms with E-state index < -0.39 is 0 Å². The van der Waals surface area contributed by atoms with Gasteiger partial charge in [-0.1, -0.05) is 13.8 Å². The summed E-state index contributed by atoms with van der Waals surface area (Å²) in [7, 11) is 0. The molecule has 0 aromatic heterocycles. The van der Waals surface area contributed by atoms with Crippen LogP contribution >= 0.6 is 0 Å². The fourth-order valence-electron chi connectivity index (χ4n) is 7.59. The Balaban J connectivity index is 1.59. The van der Waals surface area contributed by atoms with Gasteiger partial charge in [0.2, 0.25) is 6.41 Å². The van der Waals surface area contributed by atoms with Gasteiger partial charge in [0.25, 0.3) is 0 Å². The molecule has 0 aliphatic heterocycles. The van der Waals surface area contributed by atoms with E-state index in [-0.39, 0.29) is 6.10 Å². The predicted octanol–water partition coefficient (Wildman–Crippen LogP) is 3.50. The standard InChI is InChI=1S/C20H33NO2/c1-19-9-7-14(23)11-13(19)3-4-15-16-5-6-18(21-12-22)20(16,2)10-8-17(15)19/h12-18,23H,3-11H2,1-2H3,(H,21,22)/t13-,14+,15-,16+,17-,18-,19-,20-/m0/s1. The van der Waals surface area contributed by atoms with Crippen LogP contribution in [0.5, 0.6) is 0 Å². The van der Waals surface area contributed by atoms with Crippen LogP contribution in [-0.2, 0) is 4.79 Å². The Labute approximate surface area is 140 Å².